The lowest BCUT2D eigenvalue weighted by atomic mass is 10.0. The second-order valence-electron chi connectivity index (χ2n) is 9.84. The smallest absolute Gasteiger partial charge is 0.244 e. The van der Waals surface area contributed by atoms with Crippen LogP contribution in [0.25, 0.3) is 0 Å². The van der Waals surface area contributed by atoms with Gasteiger partial charge in [-0.1, -0.05) is 84.7 Å². The Balaban J connectivity index is 2.09. The second-order valence-corrected chi connectivity index (χ2v) is 12.6. The first kappa shape index (κ1) is 31.5. The fraction of sp³-hybridized carbons (Fsp3) is 0.333. The highest BCUT2D eigenvalue weighted by atomic mass is 35.5. The Labute approximate surface area is 247 Å². The first-order chi connectivity index (χ1) is 18.9. The number of carbonyl (C=O) groups is 2. The Morgan fingerprint density at radius 1 is 0.975 bits per heavy atom. The molecule has 0 aliphatic carbocycles. The number of rotatable bonds is 12. The van der Waals surface area contributed by atoms with Gasteiger partial charge in [-0.05, 0) is 55.2 Å². The molecule has 1 N–H and O–H groups in total. The lowest BCUT2D eigenvalue weighted by Crippen LogP contribution is -2.54. The molecule has 2 amide bonds. The van der Waals surface area contributed by atoms with Crippen LogP contribution in [0.4, 0.5) is 5.69 Å². The van der Waals surface area contributed by atoms with Gasteiger partial charge in [0.05, 0.1) is 17.0 Å². The Kier molecular flexibility index (Phi) is 11.0. The third-order valence-electron chi connectivity index (χ3n) is 6.73. The van der Waals surface area contributed by atoms with E-state index in [2.05, 4.69) is 5.32 Å². The van der Waals surface area contributed by atoms with E-state index in [1.165, 1.54) is 23.1 Å². The van der Waals surface area contributed by atoms with E-state index < -0.39 is 28.5 Å². The maximum absolute atomic E-state index is 14.1. The number of nitrogens with one attached hydrogen (secondary N) is 1. The maximum atomic E-state index is 14.1. The van der Waals surface area contributed by atoms with Crippen molar-refractivity contribution >= 4 is 50.7 Å². The van der Waals surface area contributed by atoms with Crippen LogP contribution in [0.2, 0.25) is 10.0 Å². The topological polar surface area (TPSA) is 86.8 Å². The predicted octanol–water partition coefficient (Wildman–Crippen LogP) is 5.62. The van der Waals surface area contributed by atoms with Gasteiger partial charge >= 0.3 is 0 Å². The lowest BCUT2D eigenvalue weighted by Gasteiger charge is -2.34. The van der Waals surface area contributed by atoms with Gasteiger partial charge in [0.1, 0.15) is 12.6 Å². The first-order valence-electron chi connectivity index (χ1n) is 13.0. The van der Waals surface area contributed by atoms with E-state index >= 15 is 0 Å². The average Bonchev–Trinajstić information content (AvgIpc) is 2.90. The molecule has 0 bridgehead atoms. The van der Waals surface area contributed by atoms with Crippen LogP contribution < -0.4 is 9.62 Å². The van der Waals surface area contributed by atoms with Crippen LogP contribution in [-0.4, -0.2) is 50.0 Å². The highest BCUT2D eigenvalue weighted by molar-refractivity contribution is 7.92. The summed E-state index contributed by atoms with van der Waals surface area (Å²) in [7, 11) is -3.93. The molecule has 7 nitrogen and oxygen atoms in total. The summed E-state index contributed by atoms with van der Waals surface area (Å²) in [6.45, 7) is 5.36. The number of anilines is 1. The van der Waals surface area contributed by atoms with E-state index in [0.717, 1.165) is 27.3 Å². The van der Waals surface area contributed by atoms with Gasteiger partial charge in [-0.3, -0.25) is 13.9 Å². The number of halogens is 2. The first-order valence-corrected chi connectivity index (χ1v) is 15.6. The summed E-state index contributed by atoms with van der Waals surface area (Å²) >= 11 is 12.4. The predicted molar refractivity (Wildman–Crippen MR) is 162 cm³/mol. The quantitative estimate of drug-likeness (QED) is 0.291. The molecule has 3 rings (SSSR count). The van der Waals surface area contributed by atoms with Gasteiger partial charge < -0.3 is 10.2 Å². The number of nitrogens with zero attached hydrogens (tertiary/aromatic N) is 2. The summed E-state index contributed by atoms with van der Waals surface area (Å²) in [6, 6.07) is 20.4. The second kappa shape index (κ2) is 14.0. The molecule has 0 aliphatic rings. The van der Waals surface area contributed by atoms with Crippen LogP contribution in [0.15, 0.2) is 72.8 Å². The summed E-state index contributed by atoms with van der Waals surface area (Å²) < 4.78 is 26.8. The fourth-order valence-electron chi connectivity index (χ4n) is 4.24. The zero-order valence-electron chi connectivity index (χ0n) is 23.1. The van der Waals surface area contributed by atoms with Gasteiger partial charge in [-0.25, -0.2) is 8.42 Å². The standard InChI is InChI=1S/C30H35Cl2N3O4S/c1-5-22(3)33-30(37)28(17-23-12-7-6-8-13-23)34(19-24-14-10-9-11-21(24)2)29(36)20-35(40(4,38)39)27-16-15-25(31)18-26(27)32/h6-16,18,22,28H,5,17,19-20H2,1-4H3,(H,33,37)/t22-,28+/m1/s1. The van der Waals surface area contributed by atoms with E-state index in [9.17, 15) is 18.0 Å². The number of hydrogen-bond acceptors (Lipinski definition) is 4. The zero-order valence-corrected chi connectivity index (χ0v) is 25.4. The van der Waals surface area contributed by atoms with E-state index in [0.29, 0.717) is 11.4 Å². The molecule has 2 atom stereocenters. The van der Waals surface area contributed by atoms with E-state index in [-0.39, 0.29) is 35.6 Å². The SMILES string of the molecule is CC[C@@H](C)NC(=O)[C@H](Cc1ccccc1)N(Cc1ccccc1C)C(=O)CN(c1ccc(Cl)cc1Cl)S(C)(=O)=O. The summed E-state index contributed by atoms with van der Waals surface area (Å²) in [6.07, 6.45) is 1.97. The van der Waals surface area contributed by atoms with Gasteiger partial charge in [-0.15, -0.1) is 0 Å². The van der Waals surface area contributed by atoms with Crippen molar-refractivity contribution in [2.45, 2.75) is 52.2 Å². The van der Waals surface area contributed by atoms with Crippen LogP contribution in [0.5, 0.6) is 0 Å². The molecule has 0 unspecified atom stereocenters. The normalized spacial score (nSPS) is 12.8. The van der Waals surface area contributed by atoms with Gasteiger partial charge in [-0.2, -0.15) is 0 Å². The van der Waals surface area contributed by atoms with Crippen molar-refractivity contribution < 1.29 is 18.0 Å². The Morgan fingerprint density at radius 2 is 1.62 bits per heavy atom. The summed E-state index contributed by atoms with van der Waals surface area (Å²) in [5, 5.41) is 3.44. The van der Waals surface area contributed by atoms with Crippen molar-refractivity contribution in [2.24, 2.45) is 0 Å². The van der Waals surface area contributed by atoms with Crippen molar-refractivity contribution in [1.82, 2.24) is 10.2 Å². The largest absolute Gasteiger partial charge is 0.352 e. The van der Waals surface area contributed by atoms with Crippen LogP contribution in [0.1, 0.15) is 37.0 Å². The molecule has 0 saturated carbocycles. The molecule has 0 spiro atoms. The van der Waals surface area contributed by atoms with Crippen molar-refractivity contribution in [3.8, 4) is 0 Å². The summed E-state index contributed by atoms with van der Waals surface area (Å²) in [5.41, 5.74) is 2.79. The van der Waals surface area contributed by atoms with Crippen molar-refractivity contribution in [2.75, 3.05) is 17.1 Å². The molecule has 3 aromatic rings. The number of amides is 2. The van der Waals surface area contributed by atoms with E-state index in [1.807, 2.05) is 75.4 Å². The molecule has 0 aromatic heterocycles. The highest BCUT2D eigenvalue weighted by Gasteiger charge is 2.34. The van der Waals surface area contributed by atoms with Gasteiger partial charge in [0.25, 0.3) is 0 Å². The number of aryl methyl sites for hydroxylation is 1. The van der Waals surface area contributed by atoms with Gasteiger partial charge in [0, 0.05) is 24.0 Å². The van der Waals surface area contributed by atoms with Crippen LogP contribution >= 0.6 is 23.2 Å². The maximum Gasteiger partial charge on any atom is 0.244 e. The molecular formula is C30H35Cl2N3O4S. The number of benzene rings is 3. The Bertz CT molecular complexity index is 1430. The minimum atomic E-state index is -3.93. The molecule has 214 valence electrons. The minimum Gasteiger partial charge on any atom is -0.352 e. The molecule has 40 heavy (non-hydrogen) atoms. The van der Waals surface area contributed by atoms with E-state index in [4.69, 9.17) is 23.2 Å². The number of carbonyl (C=O) groups excluding carboxylic acids is 2. The van der Waals surface area contributed by atoms with Crippen molar-refractivity contribution in [3.63, 3.8) is 0 Å². The summed E-state index contributed by atoms with van der Waals surface area (Å²) in [4.78, 5) is 29.3. The Hall–Kier alpha value is -3.07. The molecular weight excluding hydrogens is 569 g/mol. The molecule has 0 radical (unpaired) electrons. The van der Waals surface area contributed by atoms with Crippen molar-refractivity contribution in [1.29, 1.82) is 0 Å². The molecule has 10 heteroatoms. The van der Waals surface area contributed by atoms with Crippen LogP contribution in [0, 0.1) is 6.92 Å². The monoisotopic (exact) mass is 603 g/mol. The summed E-state index contributed by atoms with van der Waals surface area (Å²) in [5.74, 6) is -0.851. The molecule has 3 aromatic carbocycles. The third kappa shape index (κ3) is 8.46. The van der Waals surface area contributed by atoms with Crippen LogP contribution in [-0.2, 0) is 32.6 Å². The van der Waals surface area contributed by atoms with Gasteiger partial charge in [0.2, 0.25) is 21.8 Å². The minimum absolute atomic E-state index is 0.0894. The van der Waals surface area contributed by atoms with E-state index in [1.54, 1.807) is 0 Å². The lowest BCUT2D eigenvalue weighted by molar-refractivity contribution is -0.140. The average molecular weight is 605 g/mol. The van der Waals surface area contributed by atoms with Crippen LogP contribution in [0.3, 0.4) is 0 Å². The molecule has 0 aliphatic heterocycles. The molecule has 0 heterocycles. The number of sulfonamides is 1. The van der Waals surface area contributed by atoms with Crippen molar-refractivity contribution in [3.05, 3.63) is 99.5 Å². The Morgan fingerprint density at radius 3 is 2.23 bits per heavy atom. The fourth-order valence-corrected chi connectivity index (χ4v) is 5.67. The third-order valence-corrected chi connectivity index (χ3v) is 8.40. The number of hydrogen-bond donors (Lipinski definition) is 1. The molecule has 0 fully saturated rings. The zero-order chi connectivity index (χ0) is 29.4. The highest BCUT2D eigenvalue weighted by Crippen LogP contribution is 2.31. The van der Waals surface area contributed by atoms with Gasteiger partial charge in [0.15, 0.2) is 0 Å². The molecule has 0 saturated heterocycles.